The van der Waals surface area contributed by atoms with Crippen molar-refractivity contribution < 1.29 is 9.50 Å². The molecule has 0 aliphatic rings. The van der Waals surface area contributed by atoms with Crippen molar-refractivity contribution in [2.75, 3.05) is 32.7 Å². The molecule has 102 valence electrons. The molecular formula is C14H23FN2O. The summed E-state index contributed by atoms with van der Waals surface area (Å²) in [5.74, 6) is -0.310. The molecule has 0 aliphatic carbocycles. The number of nitrogens with one attached hydrogen (secondary N) is 1. The van der Waals surface area contributed by atoms with E-state index in [4.69, 9.17) is 0 Å². The Bertz CT molecular complexity index is 342. The van der Waals surface area contributed by atoms with Gasteiger partial charge in [0, 0.05) is 19.6 Å². The third-order valence-corrected chi connectivity index (χ3v) is 3.07. The summed E-state index contributed by atoms with van der Waals surface area (Å²) in [6, 6.07) is 6.10. The number of likely N-dealkylation sites (N-methyl/N-ethyl adjacent to an activating group) is 1. The lowest BCUT2D eigenvalue weighted by Crippen LogP contribution is -2.33. The minimum absolute atomic E-state index is 0.310. The molecule has 2 N–H and O–H groups in total. The Balaban J connectivity index is 2.27. The van der Waals surface area contributed by atoms with Crippen molar-refractivity contribution in [3.63, 3.8) is 0 Å². The molecule has 0 amide bonds. The Kier molecular flexibility index (Phi) is 6.86. The first-order valence-corrected chi connectivity index (χ1v) is 6.54. The molecule has 0 heterocycles. The second kappa shape index (κ2) is 8.19. The summed E-state index contributed by atoms with van der Waals surface area (Å²) in [4.78, 5) is 2.31. The van der Waals surface area contributed by atoms with E-state index in [0.29, 0.717) is 12.1 Å². The van der Waals surface area contributed by atoms with Gasteiger partial charge in [0.2, 0.25) is 0 Å². The lowest BCUT2D eigenvalue weighted by molar-refractivity contribution is 0.172. The van der Waals surface area contributed by atoms with E-state index in [0.717, 1.165) is 26.2 Å². The fourth-order valence-corrected chi connectivity index (χ4v) is 1.85. The summed E-state index contributed by atoms with van der Waals surface area (Å²) in [6.07, 6.45) is -0.655. The van der Waals surface area contributed by atoms with Crippen molar-refractivity contribution in [2.24, 2.45) is 0 Å². The van der Waals surface area contributed by atoms with Gasteiger partial charge in [0.05, 0.1) is 6.10 Å². The molecular weight excluding hydrogens is 231 g/mol. The van der Waals surface area contributed by atoms with Crippen molar-refractivity contribution in [2.45, 2.75) is 20.0 Å². The van der Waals surface area contributed by atoms with Crippen LogP contribution in [0.4, 0.5) is 4.39 Å². The van der Waals surface area contributed by atoms with Gasteiger partial charge in [-0.2, -0.15) is 0 Å². The number of nitrogens with zero attached hydrogens (tertiary/aromatic N) is 1. The molecule has 0 radical (unpaired) electrons. The van der Waals surface area contributed by atoms with Crippen molar-refractivity contribution in [1.82, 2.24) is 10.2 Å². The normalized spacial score (nSPS) is 12.9. The highest BCUT2D eigenvalue weighted by Gasteiger charge is 2.07. The van der Waals surface area contributed by atoms with Crippen molar-refractivity contribution >= 4 is 0 Å². The van der Waals surface area contributed by atoms with E-state index in [1.165, 1.54) is 12.1 Å². The van der Waals surface area contributed by atoms with Crippen LogP contribution in [0, 0.1) is 5.82 Å². The summed E-state index contributed by atoms with van der Waals surface area (Å²) in [5.41, 5.74) is 0.616. The smallest absolute Gasteiger partial charge is 0.123 e. The van der Waals surface area contributed by atoms with Crippen LogP contribution in [0.15, 0.2) is 24.3 Å². The highest BCUT2D eigenvalue weighted by Crippen LogP contribution is 2.12. The quantitative estimate of drug-likeness (QED) is 0.694. The van der Waals surface area contributed by atoms with Crippen LogP contribution in [0.25, 0.3) is 0 Å². The number of hydrogen-bond donors (Lipinski definition) is 2. The predicted octanol–water partition coefficient (Wildman–Crippen LogP) is 1.79. The highest BCUT2D eigenvalue weighted by atomic mass is 19.1. The van der Waals surface area contributed by atoms with Gasteiger partial charge in [0.25, 0.3) is 0 Å². The first-order valence-electron chi connectivity index (χ1n) is 6.54. The van der Waals surface area contributed by atoms with Gasteiger partial charge in [-0.3, -0.25) is 0 Å². The molecule has 1 aromatic carbocycles. The van der Waals surface area contributed by atoms with Crippen LogP contribution >= 0.6 is 0 Å². The number of benzene rings is 1. The van der Waals surface area contributed by atoms with Gasteiger partial charge in [-0.05, 0) is 30.8 Å². The Morgan fingerprint density at radius 1 is 1.33 bits per heavy atom. The van der Waals surface area contributed by atoms with Gasteiger partial charge in [0.1, 0.15) is 5.82 Å². The summed E-state index contributed by atoms with van der Waals surface area (Å²) in [5, 5.41) is 13.1. The molecule has 0 fully saturated rings. The Hall–Kier alpha value is -0.970. The number of aliphatic hydroxyl groups is 1. The molecule has 0 bridgehead atoms. The minimum atomic E-state index is -0.655. The van der Waals surface area contributed by atoms with Crippen LogP contribution in [-0.2, 0) is 0 Å². The molecule has 1 rings (SSSR count). The monoisotopic (exact) mass is 254 g/mol. The van der Waals surface area contributed by atoms with Crippen LogP contribution in [0.3, 0.4) is 0 Å². The molecule has 0 saturated carbocycles. The lowest BCUT2D eigenvalue weighted by Gasteiger charge is -2.19. The molecule has 18 heavy (non-hydrogen) atoms. The average molecular weight is 254 g/mol. The molecule has 4 heteroatoms. The van der Waals surface area contributed by atoms with Gasteiger partial charge in [-0.15, -0.1) is 0 Å². The van der Waals surface area contributed by atoms with E-state index >= 15 is 0 Å². The first kappa shape index (κ1) is 15.1. The Labute approximate surface area is 109 Å². The Morgan fingerprint density at radius 2 is 2.06 bits per heavy atom. The van der Waals surface area contributed by atoms with Gasteiger partial charge >= 0.3 is 0 Å². The topological polar surface area (TPSA) is 35.5 Å². The molecule has 1 atom stereocenters. The molecule has 0 saturated heterocycles. The van der Waals surface area contributed by atoms with Crippen LogP contribution in [0.5, 0.6) is 0 Å². The van der Waals surface area contributed by atoms with Gasteiger partial charge < -0.3 is 15.3 Å². The summed E-state index contributed by atoms with van der Waals surface area (Å²) < 4.78 is 13.0. The maximum absolute atomic E-state index is 13.0. The van der Waals surface area contributed by atoms with E-state index in [-0.39, 0.29) is 5.82 Å². The van der Waals surface area contributed by atoms with Gasteiger partial charge in [0.15, 0.2) is 0 Å². The summed E-state index contributed by atoms with van der Waals surface area (Å²) in [7, 11) is 0. The zero-order valence-electron chi connectivity index (χ0n) is 11.2. The second-order valence-electron chi connectivity index (χ2n) is 4.30. The van der Waals surface area contributed by atoms with Crippen LogP contribution in [0.2, 0.25) is 0 Å². The maximum atomic E-state index is 13.0. The molecule has 0 aromatic heterocycles. The van der Waals surface area contributed by atoms with Crippen molar-refractivity contribution in [3.05, 3.63) is 35.6 Å². The number of aliphatic hydroxyl groups excluding tert-OH is 1. The first-order chi connectivity index (χ1) is 8.67. The summed E-state index contributed by atoms with van der Waals surface area (Å²) in [6.45, 7) is 8.56. The molecule has 1 aromatic rings. The zero-order valence-corrected chi connectivity index (χ0v) is 11.2. The minimum Gasteiger partial charge on any atom is -0.387 e. The standard InChI is InChI=1S/C14H23FN2O/c1-3-17(4-2)9-8-16-11-14(18)12-6-5-7-13(15)10-12/h5-7,10,14,16,18H,3-4,8-9,11H2,1-2H3. The number of rotatable bonds is 8. The summed E-state index contributed by atoms with van der Waals surface area (Å²) >= 11 is 0. The molecule has 0 aliphatic heterocycles. The van der Waals surface area contributed by atoms with Crippen molar-refractivity contribution in [3.8, 4) is 0 Å². The van der Waals surface area contributed by atoms with Gasteiger partial charge in [-0.1, -0.05) is 26.0 Å². The van der Waals surface area contributed by atoms with E-state index in [2.05, 4.69) is 24.1 Å². The van der Waals surface area contributed by atoms with Crippen LogP contribution in [-0.4, -0.2) is 42.7 Å². The fraction of sp³-hybridized carbons (Fsp3) is 0.571. The molecule has 3 nitrogen and oxygen atoms in total. The third-order valence-electron chi connectivity index (χ3n) is 3.07. The molecule has 0 spiro atoms. The van der Waals surface area contributed by atoms with Gasteiger partial charge in [-0.25, -0.2) is 4.39 Å². The third kappa shape index (κ3) is 5.12. The second-order valence-corrected chi connectivity index (χ2v) is 4.30. The van der Waals surface area contributed by atoms with E-state index in [1.807, 2.05) is 0 Å². The lowest BCUT2D eigenvalue weighted by atomic mass is 10.1. The molecule has 1 unspecified atom stereocenters. The van der Waals surface area contributed by atoms with E-state index < -0.39 is 6.10 Å². The maximum Gasteiger partial charge on any atom is 0.123 e. The zero-order chi connectivity index (χ0) is 13.4. The van der Waals surface area contributed by atoms with E-state index in [1.54, 1.807) is 12.1 Å². The number of hydrogen-bond acceptors (Lipinski definition) is 3. The largest absolute Gasteiger partial charge is 0.387 e. The number of halogens is 1. The fourth-order valence-electron chi connectivity index (χ4n) is 1.85. The Morgan fingerprint density at radius 3 is 2.67 bits per heavy atom. The van der Waals surface area contributed by atoms with E-state index in [9.17, 15) is 9.50 Å². The average Bonchev–Trinajstić information content (AvgIpc) is 2.38. The van der Waals surface area contributed by atoms with Crippen LogP contribution < -0.4 is 5.32 Å². The van der Waals surface area contributed by atoms with Crippen LogP contribution in [0.1, 0.15) is 25.5 Å². The SMILES string of the molecule is CCN(CC)CCNCC(O)c1cccc(F)c1. The predicted molar refractivity (Wildman–Crippen MR) is 72.0 cm³/mol. The van der Waals surface area contributed by atoms with Crippen molar-refractivity contribution in [1.29, 1.82) is 0 Å². The highest BCUT2D eigenvalue weighted by molar-refractivity contribution is 5.18.